The second-order valence-electron chi connectivity index (χ2n) is 7.81. The summed E-state index contributed by atoms with van der Waals surface area (Å²) in [6.07, 6.45) is 1.82. The van der Waals surface area contributed by atoms with Crippen LogP contribution in [0.5, 0.6) is 11.5 Å². The largest absolute Gasteiger partial charge is 0.489 e. The molecule has 2 aromatic carbocycles. The van der Waals surface area contributed by atoms with Crippen LogP contribution in [0.15, 0.2) is 36.4 Å². The number of aromatic nitrogens is 2. The van der Waals surface area contributed by atoms with Gasteiger partial charge < -0.3 is 14.4 Å². The number of benzene rings is 2. The zero-order valence-electron chi connectivity index (χ0n) is 17.3. The lowest BCUT2D eigenvalue weighted by Gasteiger charge is -2.23. The lowest BCUT2D eigenvalue weighted by Crippen LogP contribution is -2.33. The van der Waals surface area contributed by atoms with Crippen LogP contribution in [0.1, 0.15) is 18.4 Å². The van der Waals surface area contributed by atoms with Crippen LogP contribution < -0.4 is 19.3 Å². The third-order valence-corrected chi connectivity index (χ3v) is 5.83. The van der Waals surface area contributed by atoms with Gasteiger partial charge in [0.15, 0.2) is 23.1 Å². The van der Waals surface area contributed by atoms with Crippen LogP contribution in [0, 0.1) is 0 Å². The van der Waals surface area contributed by atoms with E-state index in [0.29, 0.717) is 42.1 Å². The SMILES string of the molecule is CN1CCCN(C(=O)Cc2cc(Cl)c3c(c2)OCCCO3)c2nc3ccccc3nc21. The van der Waals surface area contributed by atoms with Crippen molar-refractivity contribution in [1.29, 1.82) is 0 Å². The molecule has 0 saturated heterocycles. The van der Waals surface area contributed by atoms with E-state index in [-0.39, 0.29) is 12.3 Å². The Kier molecular flexibility index (Phi) is 5.28. The predicted octanol–water partition coefficient (Wildman–Crippen LogP) is 3.86. The Morgan fingerprint density at radius 1 is 1.03 bits per heavy atom. The fourth-order valence-electron chi connectivity index (χ4n) is 4.00. The first-order chi connectivity index (χ1) is 15.1. The molecule has 2 aliphatic heterocycles. The molecule has 7 nitrogen and oxygen atoms in total. The molecule has 0 aliphatic carbocycles. The molecule has 3 aromatic rings. The lowest BCUT2D eigenvalue weighted by molar-refractivity contribution is -0.118. The number of anilines is 2. The number of amides is 1. The topological polar surface area (TPSA) is 67.8 Å². The Balaban J connectivity index is 1.48. The highest BCUT2D eigenvalue weighted by molar-refractivity contribution is 6.32. The summed E-state index contributed by atoms with van der Waals surface area (Å²) in [4.78, 5) is 26.8. The van der Waals surface area contributed by atoms with E-state index in [0.717, 1.165) is 41.8 Å². The van der Waals surface area contributed by atoms with Crippen LogP contribution in [0.25, 0.3) is 11.0 Å². The van der Waals surface area contributed by atoms with Gasteiger partial charge in [-0.3, -0.25) is 9.69 Å². The van der Waals surface area contributed by atoms with Crippen molar-refractivity contribution in [2.45, 2.75) is 19.3 Å². The number of carbonyl (C=O) groups is 1. The number of carbonyl (C=O) groups excluding carboxylic acids is 1. The molecule has 5 rings (SSSR count). The van der Waals surface area contributed by atoms with E-state index < -0.39 is 0 Å². The minimum absolute atomic E-state index is 0.0494. The average molecular weight is 439 g/mol. The zero-order chi connectivity index (χ0) is 21.4. The molecule has 8 heteroatoms. The molecule has 0 radical (unpaired) electrons. The van der Waals surface area contributed by atoms with Crippen LogP contribution in [0.2, 0.25) is 5.02 Å². The van der Waals surface area contributed by atoms with Crippen molar-refractivity contribution in [3.05, 3.63) is 47.0 Å². The van der Waals surface area contributed by atoms with Gasteiger partial charge in [0, 0.05) is 26.6 Å². The van der Waals surface area contributed by atoms with Gasteiger partial charge in [-0.1, -0.05) is 23.7 Å². The highest BCUT2D eigenvalue weighted by atomic mass is 35.5. The molecule has 31 heavy (non-hydrogen) atoms. The summed E-state index contributed by atoms with van der Waals surface area (Å²) in [5.41, 5.74) is 2.37. The van der Waals surface area contributed by atoms with Crippen LogP contribution in [-0.4, -0.2) is 49.2 Å². The van der Waals surface area contributed by atoms with Crippen molar-refractivity contribution in [2.75, 3.05) is 43.2 Å². The number of hydrogen-bond acceptors (Lipinski definition) is 6. The van der Waals surface area contributed by atoms with Gasteiger partial charge in [-0.2, -0.15) is 0 Å². The van der Waals surface area contributed by atoms with Gasteiger partial charge >= 0.3 is 0 Å². The van der Waals surface area contributed by atoms with Gasteiger partial charge in [-0.15, -0.1) is 0 Å². The molecule has 1 amide bonds. The summed E-state index contributed by atoms with van der Waals surface area (Å²) < 4.78 is 11.5. The second-order valence-corrected chi connectivity index (χ2v) is 8.22. The van der Waals surface area contributed by atoms with Gasteiger partial charge in [0.1, 0.15) is 0 Å². The summed E-state index contributed by atoms with van der Waals surface area (Å²) in [5.74, 6) is 2.42. The van der Waals surface area contributed by atoms with Crippen LogP contribution >= 0.6 is 11.6 Å². The molecule has 2 aliphatic rings. The van der Waals surface area contributed by atoms with E-state index in [1.165, 1.54) is 0 Å². The number of halogens is 1. The van der Waals surface area contributed by atoms with Gasteiger partial charge in [0.05, 0.1) is 35.7 Å². The van der Waals surface area contributed by atoms with Crippen LogP contribution in [0.4, 0.5) is 11.6 Å². The summed E-state index contributed by atoms with van der Waals surface area (Å²) in [6.45, 7) is 2.52. The Morgan fingerprint density at radius 3 is 2.58 bits per heavy atom. The van der Waals surface area contributed by atoms with Gasteiger partial charge in [0.2, 0.25) is 5.91 Å². The van der Waals surface area contributed by atoms with Crippen molar-refractivity contribution >= 4 is 40.2 Å². The van der Waals surface area contributed by atoms with Crippen LogP contribution in [0.3, 0.4) is 0 Å². The number of rotatable bonds is 2. The molecule has 0 spiro atoms. The van der Waals surface area contributed by atoms with E-state index in [1.54, 1.807) is 11.0 Å². The van der Waals surface area contributed by atoms with Gasteiger partial charge in [-0.05, 0) is 36.2 Å². The Hall–Kier alpha value is -3.06. The molecule has 0 fully saturated rings. The molecular weight excluding hydrogens is 416 g/mol. The average Bonchev–Trinajstić information content (AvgIpc) is 3.09. The highest BCUT2D eigenvalue weighted by Crippen LogP contribution is 2.38. The molecule has 0 atom stereocenters. The normalized spacial score (nSPS) is 15.9. The minimum atomic E-state index is -0.0494. The van der Waals surface area contributed by atoms with Crippen LogP contribution in [-0.2, 0) is 11.2 Å². The number of para-hydroxylation sites is 2. The number of nitrogens with zero attached hydrogens (tertiary/aromatic N) is 4. The zero-order valence-corrected chi connectivity index (χ0v) is 18.1. The van der Waals surface area contributed by atoms with E-state index in [2.05, 4.69) is 4.90 Å². The van der Waals surface area contributed by atoms with E-state index in [9.17, 15) is 4.79 Å². The summed E-state index contributed by atoms with van der Waals surface area (Å²) in [7, 11) is 1.99. The maximum absolute atomic E-state index is 13.4. The van der Waals surface area contributed by atoms with Crippen molar-refractivity contribution in [2.24, 2.45) is 0 Å². The van der Waals surface area contributed by atoms with Crippen molar-refractivity contribution in [1.82, 2.24) is 9.97 Å². The molecule has 1 aromatic heterocycles. The number of hydrogen-bond donors (Lipinski definition) is 0. The summed E-state index contributed by atoms with van der Waals surface area (Å²) in [5, 5.41) is 0.462. The first-order valence-electron chi connectivity index (χ1n) is 10.5. The molecular formula is C23H23ClN4O3. The van der Waals surface area contributed by atoms with Crippen molar-refractivity contribution < 1.29 is 14.3 Å². The maximum atomic E-state index is 13.4. The molecule has 3 heterocycles. The molecule has 0 bridgehead atoms. The summed E-state index contributed by atoms with van der Waals surface area (Å²) >= 11 is 6.42. The molecule has 0 saturated carbocycles. The first kappa shape index (κ1) is 19.9. The minimum Gasteiger partial charge on any atom is -0.489 e. The Labute approximate surface area is 185 Å². The third-order valence-electron chi connectivity index (χ3n) is 5.55. The Morgan fingerprint density at radius 2 is 1.77 bits per heavy atom. The fraction of sp³-hybridized carbons (Fsp3) is 0.348. The molecule has 0 N–H and O–H groups in total. The van der Waals surface area contributed by atoms with Crippen molar-refractivity contribution in [3.63, 3.8) is 0 Å². The van der Waals surface area contributed by atoms with E-state index >= 15 is 0 Å². The van der Waals surface area contributed by atoms with Crippen molar-refractivity contribution in [3.8, 4) is 11.5 Å². The first-order valence-corrected chi connectivity index (χ1v) is 10.8. The fourth-order valence-corrected chi connectivity index (χ4v) is 4.28. The maximum Gasteiger partial charge on any atom is 0.232 e. The molecule has 0 unspecified atom stereocenters. The van der Waals surface area contributed by atoms with E-state index in [1.807, 2.05) is 37.4 Å². The quantitative estimate of drug-likeness (QED) is 0.605. The van der Waals surface area contributed by atoms with Gasteiger partial charge in [-0.25, -0.2) is 9.97 Å². The standard InChI is InChI=1S/C23H23ClN4O3/c1-27-8-4-9-28(23-22(27)25-17-6-2-3-7-18(17)26-23)20(29)14-15-12-16(24)21-19(13-15)30-10-5-11-31-21/h2-3,6-7,12-13H,4-5,8-11,14H2,1H3. The third kappa shape index (κ3) is 3.85. The highest BCUT2D eigenvalue weighted by Gasteiger charge is 2.27. The summed E-state index contributed by atoms with van der Waals surface area (Å²) in [6, 6.07) is 11.4. The smallest absolute Gasteiger partial charge is 0.232 e. The Bertz CT molecular complexity index is 1150. The monoisotopic (exact) mass is 438 g/mol. The van der Waals surface area contributed by atoms with E-state index in [4.69, 9.17) is 31.0 Å². The number of fused-ring (bicyclic) bond motifs is 3. The number of ether oxygens (including phenoxy) is 2. The second kappa shape index (κ2) is 8.23. The lowest BCUT2D eigenvalue weighted by atomic mass is 10.1. The molecule has 160 valence electrons. The van der Waals surface area contributed by atoms with Gasteiger partial charge in [0.25, 0.3) is 0 Å². The predicted molar refractivity (Wildman–Crippen MR) is 121 cm³/mol.